The van der Waals surface area contributed by atoms with Gasteiger partial charge in [0.05, 0.1) is 17.2 Å². The molecule has 0 radical (unpaired) electrons. The molecule has 0 aliphatic carbocycles. The van der Waals surface area contributed by atoms with Crippen molar-refractivity contribution in [2.24, 2.45) is 5.92 Å². The van der Waals surface area contributed by atoms with Gasteiger partial charge in [-0.25, -0.2) is 12.8 Å². The van der Waals surface area contributed by atoms with E-state index in [0.29, 0.717) is 6.61 Å². The Morgan fingerprint density at radius 2 is 1.88 bits per heavy atom. The lowest BCUT2D eigenvalue weighted by molar-refractivity contribution is 0.415. The molecule has 0 spiro atoms. The number of epoxide rings is 1. The molecule has 1 aliphatic rings. The summed E-state index contributed by atoms with van der Waals surface area (Å²) in [4.78, 5) is 0.108. The van der Waals surface area contributed by atoms with Crippen LogP contribution < -0.4 is 4.31 Å². The molecular weight excluding hydrogens is 365 g/mol. The highest BCUT2D eigenvalue weighted by Crippen LogP contribution is 2.33. The first kappa shape index (κ1) is 18.2. The van der Waals surface area contributed by atoms with Gasteiger partial charge in [0.15, 0.2) is 0 Å². The van der Waals surface area contributed by atoms with Crippen molar-refractivity contribution in [3.05, 3.63) is 58.9 Å². The SMILES string of the molecule is CC(C)CN(c1cc(Cl)ccc1F)S(=O)(=O)c1ccc(C2CO2)cc1. The summed E-state index contributed by atoms with van der Waals surface area (Å²) in [6.45, 7) is 4.55. The van der Waals surface area contributed by atoms with Crippen molar-refractivity contribution in [1.82, 2.24) is 0 Å². The molecule has 0 amide bonds. The van der Waals surface area contributed by atoms with Gasteiger partial charge in [0.2, 0.25) is 0 Å². The Labute approximate surface area is 152 Å². The van der Waals surface area contributed by atoms with E-state index in [4.69, 9.17) is 16.3 Å². The number of rotatable bonds is 6. The molecule has 4 nitrogen and oxygen atoms in total. The highest BCUT2D eigenvalue weighted by Gasteiger charge is 2.29. The molecule has 1 heterocycles. The Bertz CT molecular complexity index is 864. The maximum Gasteiger partial charge on any atom is 0.264 e. The summed E-state index contributed by atoms with van der Waals surface area (Å²) >= 11 is 5.95. The summed E-state index contributed by atoms with van der Waals surface area (Å²) in [6, 6.07) is 10.4. The first-order valence-electron chi connectivity index (χ1n) is 7.98. The van der Waals surface area contributed by atoms with Crippen LogP contribution in [0.25, 0.3) is 0 Å². The molecule has 0 bridgehead atoms. The topological polar surface area (TPSA) is 49.9 Å². The highest BCUT2D eigenvalue weighted by atomic mass is 35.5. The fourth-order valence-electron chi connectivity index (χ4n) is 2.56. The minimum Gasteiger partial charge on any atom is -0.368 e. The quantitative estimate of drug-likeness (QED) is 0.694. The molecule has 2 aromatic rings. The molecule has 1 fully saturated rings. The third kappa shape index (κ3) is 3.97. The largest absolute Gasteiger partial charge is 0.368 e. The first-order chi connectivity index (χ1) is 11.8. The van der Waals surface area contributed by atoms with Crippen molar-refractivity contribution < 1.29 is 17.5 Å². The van der Waals surface area contributed by atoms with Crippen molar-refractivity contribution in [3.8, 4) is 0 Å². The fourth-order valence-corrected chi connectivity index (χ4v) is 4.35. The predicted octanol–water partition coefficient (Wildman–Crippen LogP) is 4.40. The second kappa shape index (κ2) is 6.94. The third-order valence-electron chi connectivity index (χ3n) is 3.88. The fraction of sp³-hybridized carbons (Fsp3) is 0.333. The molecule has 0 N–H and O–H groups in total. The van der Waals surface area contributed by atoms with Crippen LogP contribution in [0.1, 0.15) is 25.5 Å². The van der Waals surface area contributed by atoms with Crippen molar-refractivity contribution >= 4 is 27.3 Å². The standard InChI is InChI=1S/C18H19ClFNO3S/c1-12(2)10-21(17-9-14(19)5-8-16(17)20)25(22,23)15-6-3-13(4-7-15)18-11-24-18/h3-9,12,18H,10-11H2,1-2H3. The number of hydrogen-bond acceptors (Lipinski definition) is 3. The van der Waals surface area contributed by atoms with E-state index in [9.17, 15) is 12.8 Å². The van der Waals surface area contributed by atoms with Crippen molar-refractivity contribution in [2.45, 2.75) is 24.8 Å². The molecule has 0 aromatic heterocycles. The summed E-state index contributed by atoms with van der Waals surface area (Å²) in [7, 11) is -3.92. The number of halogens is 2. The Kier molecular flexibility index (Phi) is 5.04. The predicted molar refractivity (Wildman–Crippen MR) is 95.9 cm³/mol. The zero-order valence-corrected chi connectivity index (χ0v) is 15.5. The monoisotopic (exact) mass is 383 g/mol. The molecule has 2 aromatic carbocycles. The van der Waals surface area contributed by atoms with E-state index >= 15 is 0 Å². The summed E-state index contributed by atoms with van der Waals surface area (Å²) < 4.78 is 46.8. The third-order valence-corrected chi connectivity index (χ3v) is 5.91. The molecule has 3 rings (SSSR count). The average Bonchev–Trinajstić information content (AvgIpc) is 3.40. The Hall–Kier alpha value is -1.63. The molecule has 1 atom stereocenters. The van der Waals surface area contributed by atoms with Crippen LogP contribution in [0.4, 0.5) is 10.1 Å². The van der Waals surface area contributed by atoms with Crippen LogP contribution in [-0.4, -0.2) is 21.6 Å². The number of sulfonamides is 1. The Balaban J connectivity index is 2.02. The van der Waals surface area contributed by atoms with Gasteiger partial charge < -0.3 is 4.74 Å². The van der Waals surface area contributed by atoms with E-state index in [-0.39, 0.29) is 34.2 Å². The van der Waals surface area contributed by atoms with Crippen molar-refractivity contribution in [1.29, 1.82) is 0 Å². The number of hydrogen-bond donors (Lipinski definition) is 0. The van der Waals surface area contributed by atoms with Gasteiger partial charge in [0, 0.05) is 11.6 Å². The second-order valence-electron chi connectivity index (χ2n) is 6.42. The van der Waals surface area contributed by atoms with Crippen LogP contribution in [0.15, 0.2) is 47.4 Å². The van der Waals surface area contributed by atoms with E-state index in [0.717, 1.165) is 9.87 Å². The van der Waals surface area contributed by atoms with Crippen molar-refractivity contribution in [3.63, 3.8) is 0 Å². The van der Waals surface area contributed by atoms with E-state index in [2.05, 4.69) is 0 Å². The maximum atomic E-state index is 14.3. The second-order valence-corrected chi connectivity index (χ2v) is 8.72. The van der Waals surface area contributed by atoms with Crippen LogP contribution >= 0.6 is 11.6 Å². The van der Waals surface area contributed by atoms with Gasteiger partial charge in [-0.15, -0.1) is 0 Å². The molecule has 1 unspecified atom stereocenters. The van der Waals surface area contributed by atoms with Crippen LogP contribution in [-0.2, 0) is 14.8 Å². The van der Waals surface area contributed by atoms with E-state index in [1.54, 1.807) is 12.1 Å². The van der Waals surface area contributed by atoms with E-state index in [1.165, 1.54) is 30.3 Å². The summed E-state index contributed by atoms with van der Waals surface area (Å²) in [5, 5.41) is 0.279. The van der Waals surface area contributed by atoms with Crippen molar-refractivity contribution in [2.75, 3.05) is 17.5 Å². The molecule has 7 heteroatoms. The molecule has 1 saturated heterocycles. The number of nitrogens with zero attached hydrogens (tertiary/aromatic N) is 1. The average molecular weight is 384 g/mol. The highest BCUT2D eigenvalue weighted by molar-refractivity contribution is 7.92. The molecule has 1 aliphatic heterocycles. The van der Waals surface area contributed by atoms with Crippen LogP contribution in [0.2, 0.25) is 5.02 Å². The smallest absolute Gasteiger partial charge is 0.264 e. The van der Waals surface area contributed by atoms with Gasteiger partial charge in [-0.3, -0.25) is 4.31 Å². The number of benzene rings is 2. The normalized spacial score (nSPS) is 16.9. The van der Waals surface area contributed by atoms with Gasteiger partial charge in [0.25, 0.3) is 10.0 Å². The van der Waals surface area contributed by atoms with Gasteiger partial charge in [0.1, 0.15) is 11.9 Å². The summed E-state index contributed by atoms with van der Waals surface area (Å²) in [6.07, 6.45) is 0.0499. The molecule has 0 saturated carbocycles. The van der Waals surface area contributed by atoms with Gasteiger partial charge >= 0.3 is 0 Å². The minimum absolute atomic E-state index is 0.00675. The molecule has 134 valence electrons. The number of anilines is 1. The Morgan fingerprint density at radius 1 is 1.24 bits per heavy atom. The van der Waals surface area contributed by atoms with E-state index < -0.39 is 15.8 Å². The zero-order valence-electron chi connectivity index (χ0n) is 13.9. The maximum absolute atomic E-state index is 14.3. The Morgan fingerprint density at radius 3 is 2.44 bits per heavy atom. The van der Waals surface area contributed by atoms with E-state index in [1.807, 2.05) is 13.8 Å². The zero-order chi connectivity index (χ0) is 18.2. The number of ether oxygens (including phenoxy) is 1. The van der Waals surface area contributed by atoms with Gasteiger partial charge in [-0.05, 0) is 41.8 Å². The lowest BCUT2D eigenvalue weighted by Crippen LogP contribution is -2.35. The summed E-state index contributed by atoms with van der Waals surface area (Å²) in [5.74, 6) is -0.621. The van der Waals surface area contributed by atoms with Crippen LogP contribution in [0.3, 0.4) is 0 Å². The molecular formula is C18H19ClFNO3S. The summed E-state index contributed by atoms with van der Waals surface area (Å²) in [5.41, 5.74) is 0.888. The lowest BCUT2D eigenvalue weighted by atomic mass is 10.2. The van der Waals surface area contributed by atoms with Gasteiger partial charge in [-0.1, -0.05) is 37.6 Å². The lowest BCUT2D eigenvalue weighted by Gasteiger charge is -2.26. The van der Waals surface area contributed by atoms with Gasteiger partial charge in [-0.2, -0.15) is 0 Å². The first-order valence-corrected chi connectivity index (χ1v) is 9.80. The van der Waals surface area contributed by atoms with Crippen LogP contribution in [0.5, 0.6) is 0 Å². The van der Waals surface area contributed by atoms with Crippen LogP contribution in [0, 0.1) is 11.7 Å². The minimum atomic E-state index is -3.92. The molecule has 25 heavy (non-hydrogen) atoms.